The summed E-state index contributed by atoms with van der Waals surface area (Å²) in [7, 11) is 0. The van der Waals surface area contributed by atoms with Gasteiger partial charge in [-0.25, -0.2) is 0 Å². The van der Waals surface area contributed by atoms with Crippen molar-refractivity contribution in [2.45, 2.75) is 38.1 Å². The third-order valence-electron chi connectivity index (χ3n) is 2.33. The van der Waals surface area contributed by atoms with Gasteiger partial charge in [0.25, 0.3) is 0 Å². The quantitative estimate of drug-likeness (QED) is 0.854. The molecule has 0 atom stereocenters. The van der Waals surface area contributed by atoms with E-state index in [9.17, 15) is 0 Å². The molecule has 0 unspecified atom stereocenters. The zero-order valence-electron chi connectivity index (χ0n) is 11.7. The molecule has 1 aromatic carbocycles. The smallest absolute Gasteiger partial charge is 0.322 e. The van der Waals surface area contributed by atoms with E-state index in [1.54, 1.807) is 0 Å². The molecule has 5 heteroatoms. The molecule has 0 aliphatic heterocycles. The van der Waals surface area contributed by atoms with Crippen molar-refractivity contribution >= 4 is 17.8 Å². The number of hydrogen-bond donors (Lipinski definition) is 1. The Labute approximate surface area is 118 Å². The number of hydrogen-bond acceptors (Lipinski definition) is 5. The maximum absolute atomic E-state index is 5.20. The summed E-state index contributed by atoms with van der Waals surface area (Å²) in [5, 5.41) is 7.15. The van der Waals surface area contributed by atoms with E-state index in [2.05, 4.69) is 34.5 Å². The zero-order valence-corrected chi connectivity index (χ0v) is 12.5. The van der Waals surface area contributed by atoms with Crippen LogP contribution in [0.3, 0.4) is 0 Å². The minimum absolute atomic E-state index is 0.0918. The molecule has 0 aliphatic carbocycles. The molecule has 102 valence electrons. The second-order valence-corrected chi connectivity index (χ2v) is 6.59. The van der Waals surface area contributed by atoms with Crippen LogP contribution in [0, 0.1) is 0 Å². The molecule has 1 heterocycles. The van der Waals surface area contributed by atoms with Crippen molar-refractivity contribution < 1.29 is 4.52 Å². The van der Waals surface area contributed by atoms with E-state index >= 15 is 0 Å². The number of nitrogens with zero attached hydrogens (tertiary/aromatic N) is 2. The zero-order chi connectivity index (χ0) is 13.9. The van der Waals surface area contributed by atoms with E-state index in [1.165, 1.54) is 4.90 Å². The van der Waals surface area contributed by atoms with E-state index in [1.807, 2.05) is 44.7 Å². The van der Waals surface area contributed by atoms with Gasteiger partial charge in [0, 0.05) is 16.0 Å². The van der Waals surface area contributed by atoms with Gasteiger partial charge in [-0.1, -0.05) is 12.1 Å². The average molecular weight is 277 g/mol. The van der Waals surface area contributed by atoms with Gasteiger partial charge < -0.3 is 9.84 Å². The molecule has 19 heavy (non-hydrogen) atoms. The Kier molecular flexibility index (Phi) is 4.14. The summed E-state index contributed by atoms with van der Waals surface area (Å²) in [5.74, 6) is 1.68. The number of anilines is 1. The number of aromatic nitrogens is 2. The highest BCUT2D eigenvalue weighted by Crippen LogP contribution is 2.23. The molecule has 2 rings (SSSR count). The van der Waals surface area contributed by atoms with Gasteiger partial charge in [-0.15, -0.1) is 11.8 Å². The first-order valence-electron chi connectivity index (χ1n) is 6.33. The van der Waals surface area contributed by atoms with Gasteiger partial charge in [0.05, 0.1) is 0 Å². The highest BCUT2D eigenvalue weighted by Gasteiger charge is 2.15. The van der Waals surface area contributed by atoms with Crippen molar-refractivity contribution in [3.63, 3.8) is 0 Å². The normalized spacial score (nSPS) is 11.6. The fraction of sp³-hybridized carbons (Fsp3) is 0.429. The summed E-state index contributed by atoms with van der Waals surface area (Å²) in [6, 6.07) is 8.65. The van der Waals surface area contributed by atoms with Crippen LogP contribution in [0.1, 0.15) is 27.7 Å². The standard InChI is InChI=1S/C14H19N3OS/c1-5-19-11-8-6-10(7-9-11)12-15-13(18-17-12)16-14(2,3)4/h6-9H,5H2,1-4H3,(H,15,16,17). The van der Waals surface area contributed by atoms with Crippen LogP contribution in [0.25, 0.3) is 11.4 Å². The second kappa shape index (κ2) is 5.65. The molecule has 0 bridgehead atoms. The number of rotatable bonds is 4. The lowest BCUT2D eigenvalue weighted by Gasteiger charge is -2.17. The monoisotopic (exact) mass is 277 g/mol. The molecule has 0 saturated heterocycles. The van der Waals surface area contributed by atoms with Crippen LogP contribution >= 0.6 is 11.8 Å². The Morgan fingerprint density at radius 1 is 1.21 bits per heavy atom. The molecule has 0 amide bonds. The third-order valence-corrected chi connectivity index (χ3v) is 3.23. The molecular weight excluding hydrogens is 258 g/mol. The van der Waals surface area contributed by atoms with Crippen LogP contribution in [-0.4, -0.2) is 21.4 Å². The molecule has 1 aromatic heterocycles. The molecular formula is C14H19N3OS. The Bertz CT molecular complexity index is 528. The molecule has 1 N–H and O–H groups in total. The van der Waals surface area contributed by atoms with Crippen molar-refractivity contribution in [3.05, 3.63) is 24.3 Å². The van der Waals surface area contributed by atoms with Crippen LogP contribution in [0.5, 0.6) is 0 Å². The summed E-state index contributed by atoms with van der Waals surface area (Å²) < 4.78 is 5.20. The van der Waals surface area contributed by atoms with E-state index in [0.29, 0.717) is 11.8 Å². The summed E-state index contributed by atoms with van der Waals surface area (Å²) in [6.45, 7) is 8.29. The summed E-state index contributed by atoms with van der Waals surface area (Å²) in [6.07, 6.45) is 0. The van der Waals surface area contributed by atoms with E-state index in [-0.39, 0.29) is 5.54 Å². The summed E-state index contributed by atoms with van der Waals surface area (Å²) in [5.41, 5.74) is 0.872. The van der Waals surface area contributed by atoms with Gasteiger partial charge in [0.15, 0.2) is 0 Å². The lowest BCUT2D eigenvalue weighted by molar-refractivity contribution is 0.420. The number of nitrogens with one attached hydrogen (secondary N) is 1. The van der Waals surface area contributed by atoms with Gasteiger partial charge >= 0.3 is 6.01 Å². The predicted molar refractivity (Wildman–Crippen MR) is 79.5 cm³/mol. The van der Waals surface area contributed by atoms with Crippen LogP contribution in [-0.2, 0) is 0 Å². The highest BCUT2D eigenvalue weighted by atomic mass is 32.2. The van der Waals surface area contributed by atoms with E-state index in [0.717, 1.165) is 11.3 Å². The Morgan fingerprint density at radius 2 is 1.89 bits per heavy atom. The van der Waals surface area contributed by atoms with Crippen LogP contribution in [0.15, 0.2) is 33.7 Å². The molecule has 0 aliphatic rings. The van der Waals surface area contributed by atoms with Crippen molar-refractivity contribution in [3.8, 4) is 11.4 Å². The van der Waals surface area contributed by atoms with Crippen molar-refractivity contribution in [2.75, 3.05) is 11.1 Å². The predicted octanol–water partition coefficient (Wildman–Crippen LogP) is 4.06. The topological polar surface area (TPSA) is 51.0 Å². The Morgan fingerprint density at radius 3 is 2.47 bits per heavy atom. The van der Waals surface area contributed by atoms with Crippen LogP contribution < -0.4 is 5.32 Å². The molecule has 4 nitrogen and oxygen atoms in total. The maximum atomic E-state index is 5.20. The SMILES string of the molecule is CCSc1ccc(-c2noc(NC(C)(C)C)n2)cc1. The fourth-order valence-corrected chi connectivity index (χ4v) is 2.24. The van der Waals surface area contributed by atoms with Crippen molar-refractivity contribution in [2.24, 2.45) is 0 Å². The van der Waals surface area contributed by atoms with Crippen molar-refractivity contribution in [1.29, 1.82) is 0 Å². The average Bonchev–Trinajstić information content (AvgIpc) is 2.76. The molecule has 0 saturated carbocycles. The first kappa shape index (κ1) is 13.9. The lowest BCUT2D eigenvalue weighted by atomic mass is 10.1. The van der Waals surface area contributed by atoms with Gasteiger partial charge in [-0.2, -0.15) is 4.98 Å². The highest BCUT2D eigenvalue weighted by molar-refractivity contribution is 7.99. The van der Waals surface area contributed by atoms with E-state index < -0.39 is 0 Å². The number of thioether (sulfide) groups is 1. The lowest BCUT2D eigenvalue weighted by Crippen LogP contribution is -2.26. The Balaban J connectivity index is 2.13. The van der Waals surface area contributed by atoms with E-state index in [4.69, 9.17) is 4.52 Å². The number of benzene rings is 1. The summed E-state index contributed by atoms with van der Waals surface area (Å²) >= 11 is 1.82. The first-order chi connectivity index (χ1) is 8.98. The van der Waals surface area contributed by atoms with Crippen LogP contribution in [0.2, 0.25) is 0 Å². The maximum Gasteiger partial charge on any atom is 0.322 e. The minimum Gasteiger partial charge on any atom is -0.333 e. The van der Waals surface area contributed by atoms with Gasteiger partial charge in [0.1, 0.15) is 0 Å². The molecule has 0 fully saturated rings. The Hall–Kier alpha value is -1.49. The molecule has 0 spiro atoms. The summed E-state index contributed by atoms with van der Waals surface area (Å²) in [4.78, 5) is 5.60. The van der Waals surface area contributed by atoms with Crippen LogP contribution in [0.4, 0.5) is 6.01 Å². The van der Waals surface area contributed by atoms with Gasteiger partial charge in [-0.3, -0.25) is 0 Å². The largest absolute Gasteiger partial charge is 0.333 e. The van der Waals surface area contributed by atoms with Gasteiger partial charge in [0.2, 0.25) is 5.82 Å². The first-order valence-corrected chi connectivity index (χ1v) is 7.31. The van der Waals surface area contributed by atoms with Crippen molar-refractivity contribution in [1.82, 2.24) is 10.1 Å². The third kappa shape index (κ3) is 3.99. The fourth-order valence-electron chi connectivity index (χ4n) is 1.58. The van der Waals surface area contributed by atoms with Gasteiger partial charge in [-0.05, 0) is 50.8 Å². The molecule has 2 aromatic rings. The second-order valence-electron chi connectivity index (χ2n) is 5.26. The molecule has 0 radical (unpaired) electrons. The minimum atomic E-state index is -0.0918.